The summed E-state index contributed by atoms with van der Waals surface area (Å²) >= 11 is 4.98. The van der Waals surface area contributed by atoms with Crippen molar-refractivity contribution in [3.63, 3.8) is 0 Å². The number of carbonyl (C=O) groups excluding carboxylic acids is 1. The molecule has 1 aliphatic rings. The number of rotatable bonds is 5. The second-order valence-electron chi connectivity index (χ2n) is 5.33. The van der Waals surface area contributed by atoms with Crippen LogP contribution in [0.4, 0.5) is 0 Å². The molecule has 0 aromatic heterocycles. The first kappa shape index (κ1) is 14.8. The number of hydrogen-bond acceptors (Lipinski definition) is 3. The molecule has 0 radical (unpaired) electrons. The van der Waals surface area contributed by atoms with Crippen molar-refractivity contribution in [2.45, 2.75) is 32.7 Å². The van der Waals surface area contributed by atoms with Gasteiger partial charge in [0.1, 0.15) is 10.7 Å². The first-order valence-electron chi connectivity index (χ1n) is 6.69. The van der Waals surface area contributed by atoms with Crippen LogP contribution < -0.4 is 10.5 Å². The molecule has 2 N–H and O–H groups in total. The summed E-state index contributed by atoms with van der Waals surface area (Å²) in [5.74, 6) is 0.757. The van der Waals surface area contributed by atoms with E-state index in [0.717, 1.165) is 35.3 Å². The zero-order valence-corrected chi connectivity index (χ0v) is 12.9. The van der Waals surface area contributed by atoms with Gasteiger partial charge in [0.15, 0.2) is 6.61 Å². The lowest BCUT2D eigenvalue weighted by Crippen LogP contribution is -2.33. The number of ether oxygens (including phenoxy) is 1. The normalized spacial score (nSPS) is 13.9. The van der Waals surface area contributed by atoms with E-state index in [1.807, 2.05) is 33.0 Å². The van der Waals surface area contributed by atoms with Crippen LogP contribution in [-0.2, 0) is 4.79 Å². The lowest BCUT2D eigenvalue weighted by Gasteiger charge is -2.18. The molecule has 20 heavy (non-hydrogen) atoms. The fourth-order valence-electron chi connectivity index (χ4n) is 2.22. The zero-order chi connectivity index (χ0) is 14.9. The van der Waals surface area contributed by atoms with Crippen LogP contribution in [-0.4, -0.2) is 35.5 Å². The Balaban J connectivity index is 2.05. The van der Waals surface area contributed by atoms with Gasteiger partial charge in [0.25, 0.3) is 5.91 Å². The Bertz CT molecular complexity index is 530. The third-order valence-electron chi connectivity index (χ3n) is 3.57. The molecule has 1 aliphatic carbocycles. The van der Waals surface area contributed by atoms with Gasteiger partial charge in [0.2, 0.25) is 0 Å². The van der Waals surface area contributed by atoms with Crippen LogP contribution in [0.2, 0.25) is 0 Å². The van der Waals surface area contributed by atoms with Gasteiger partial charge in [-0.2, -0.15) is 0 Å². The molecule has 1 saturated carbocycles. The van der Waals surface area contributed by atoms with Crippen LogP contribution in [0.25, 0.3) is 0 Å². The molecule has 1 aromatic rings. The smallest absolute Gasteiger partial charge is 0.260 e. The monoisotopic (exact) mass is 292 g/mol. The van der Waals surface area contributed by atoms with E-state index in [4.69, 9.17) is 22.7 Å². The number of amides is 1. The first-order chi connectivity index (χ1) is 9.40. The molecule has 4 nitrogen and oxygen atoms in total. The molecule has 0 aliphatic heterocycles. The Labute approximate surface area is 124 Å². The van der Waals surface area contributed by atoms with E-state index in [0.29, 0.717) is 11.0 Å². The third-order valence-corrected chi connectivity index (χ3v) is 3.81. The number of carbonyl (C=O) groups is 1. The van der Waals surface area contributed by atoms with E-state index in [1.54, 1.807) is 4.90 Å². The summed E-state index contributed by atoms with van der Waals surface area (Å²) in [5.41, 5.74) is 8.34. The van der Waals surface area contributed by atoms with Crippen molar-refractivity contribution in [2.24, 2.45) is 5.73 Å². The maximum atomic E-state index is 12.0. The molecule has 108 valence electrons. The van der Waals surface area contributed by atoms with Gasteiger partial charge in [-0.25, -0.2) is 0 Å². The molecule has 0 atom stereocenters. The van der Waals surface area contributed by atoms with Crippen LogP contribution in [0.1, 0.15) is 29.5 Å². The van der Waals surface area contributed by atoms with Crippen LogP contribution in [0, 0.1) is 13.8 Å². The Morgan fingerprint density at radius 2 is 1.95 bits per heavy atom. The van der Waals surface area contributed by atoms with E-state index in [-0.39, 0.29) is 12.5 Å². The highest BCUT2D eigenvalue weighted by atomic mass is 32.1. The zero-order valence-electron chi connectivity index (χ0n) is 12.1. The Morgan fingerprint density at radius 1 is 1.40 bits per heavy atom. The summed E-state index contributed by atoms with van der Waals surface area (Å²) in [6.45, 7) is 3.93. The highest BCUT2D eigenvalue weighted by molar-refractivity contribution is 7.80. The second-order valence-corrected chi connectivity index (χ2v) is 5.77. The molecular formula is C15H20N2O2S. The summed E-state index contributed by atoms with van der Waals surface area (Å²) < 4.78 is 5.69. The van der Waals surface area contributed by atoms with Gasteiger partial charge >= 0.3 is 0 Å². The van der Waals surface area contributed by atoms with E-state index >= 15 is 0 Å². The van der Waals surface area contributed by atoms with Gasteiger partial charge in [0, 0.05) is 18.7 Å². The van der Waals surface area contributed by atoms with Crippen molar-refractivity contribution in [3.8, 4) is 5.75 Å². The fourth-order valence-corrected chi connectivity index (χ4v) is 2.34. The average Bonchev–Trinajstić information content (AvgIpc) is 3.20. The molecule has 0 bridgehead atoms. The number of benzene rings is 1. The maximum absolute atomic E-state index is 12.0. The van der Waals surface area contributed by atoms with Gasteiger partial charge in [-0.05, 0) is 49.9 Å². The van der Waals surface area contributed by atoms with Crippen molar-refractivity contribution in [1.82, 2.24) is 4.90 Å². The van der Waals surface area contributed by atoms with Gasteiger partial charge in [0.05, 0.1) is 0 Å². The molecule has 0 spiro atoms. The molecule has 0 unspecified atom stereocenters. The fraction of sp³-hybridized carbons (Fsp3) is 0.467. The lowest BCUT2D eigenvalue weighted by molar-refractivity contribution is -0.132. The van der Waals surface area contributed by atoms with Crippen molar-refractivity contribution < 1.29 is 9.53 Å². The molecule has 2 rings (SSSR count). The Hall–Kier alpha value is -1.62. The standard InChI is InChI=1S/C15H20N2O2S/c1-9-6-11(15(16)20)7-10(2)14(9)19-8-13(18)17(3)12-4-5-12/h6-7,12H,4-5,8H2,1-3H3,(H2,16,20). The number of nitrogens with two attached hydrogens (primary N) is 1. The van der Waals surface area contributed by atoms with Gasteiger partial charge < -0.3 is 15.4 Å². The van der Waals surface area contributed by atoms with Crippen molar-refractivity contribution in [1.29, 1.82) is 0 Å². The maximum Gasteiger partial charge on any atom is 0.260 e. The molecule has 1 fully saturated rings. The SMILES string of the molecule is Cc1cc(C(N)=S)cc(C)c1OCC(=O)N(C)C1CC1. The van der Waals surface area contributed by atoms with Crippen LogP contribution >= 0.6 is 12.2 Å². The Kier molecular flexibility index (Phi) is 4.28. The largest absolute Gasteiger partial charge is 0.483 e. The van der Waals surface area contributed by atoms with Gasteiger partial charge in [-0.1, -0.05) is 12.2 Å². The minimum absolute atomic E-state index is 0.0183. The summed E-state index contributed by atoms with van der Waals surface area (Å²) in [6, 6.07) is 4.18. The summed E-state index contributed by atoms with van der Waals surface area (Å²) in [6.07, 6.45) is 2.20. The topological polar surface area (TPSA) is 55.6 Å². The minimum atomic E-state index is 0.0183. The van der Waals surface area contributed by atoms with Gasteiger partial charge in [-0.3, -0.25) is 4.79 Å². The average molecular weight is 292 g/mol. The van der Waals surface area contributed by atoms with Crippen LogP contribution in [0.15, 0.2) is 12.1 Å². The first-order valence-corrected chi connectivity index (χ1v) is 7.10. The highest BCUT2D eigenvalue weighted by Crippen LogP contribution is 2.27. The number of hydrogen-bond donors (Lipinski definition) is 1. The van der Waals surface area contributed by atoms with Crippen molar-refractivity contribution in [3.05, 3.63) is 28.8 Å². The second kappa shape index (κ2) is 5.79. The number of nitrogens with zero attached hydrogens (tertiary/aromatic N) is 1. The molecule has 1 amide bonds. The summed E-state index contributed by atoms with van der Waals surface area (Å²) in [5, 5.41) is 0. The molecule has 0 saturated heterocycles. The highest BCUT2D eigenvalue weighted by Gasteiger charge is 2.29. The Morgan fingerprint density at radius 3 is 2.40 bits per heavy atom. The third kappa shape index (κ3) is 3.28. The number of thiocarbonyl (C=S) groups is 1. The van der Waals surface area contributed by atoms with Crippen LogP contribution in [0.5, 0.6) is 5.75 Å². The summed E-state index contributed by atoms with van der Waals surface area (Å²) in [4.78, 5) is 14.1. The van der Waals surface area contributed by atoms with E-state index in [1.165, 1.54) is 0 Å². The molecule has 1 aromatic carbocycles. The number of likely N-dealkylation sites (N-methyl/N-ethyl adjacent to an activating group) is 1. The number of aryl methyl sites for hydroxylation is 2. The molecular weight excluding hydrogens is 272 g/mol. The lowest BCUT2D eigenvalue weighted by atomic mass is 10.1. The van der Waals surface area contributed by atoms with E-state index < -0.39 is 0 Å². The van der Waals surface area contributed by atoms with Gasteiger partial charge in [-0.15, -0.1) is 0 Å². The molecule has 5 heteroatoms. The predicted octanol–water partition coefficient (Wildman–Crippen LogP) is 1.94. The molecule has 0 heterocycles. The van der Waals surface area contributed by atoms with Crippen molar-refractivity contribution in [2.75, 3.05) is 13.7 Å². The van der Waals surface area contributed by atoms with E-state index in [9.17, 15) is 4.79 Å². The minimum Gasteiger partial charge on any atom is -0.483 e. The quantitative estimate of drug-likeness (QED) is 0.843. The van der Waals surface area contributed by atoms with Crippen LogP contribution in [0.3, 0.4) is 0 Å². The van der Waals surface area contributed by atoms with Crippen molar-refractivity contribution >= 4 is 23.1 Å². The van der Waals surface area contributed by atoms with E-state index in [2.05, 4.69) is 0 Å². The summed E-state index contributed by atoms with van der Waals surface area (Å²) in [7, 11) is 1.83. The predicted molar refractivity (Wildman–Crippen MR) is 83.1 cm³/mol.